The number of rotatable bonds is 12. The van der Waals surface area contributed by atoms with Crippen LogP contribution in [0.1, 0.15) is 41.7 Å². The van der Waals surface area contributed by atoms with Crippen LogP contribution in [0, 0.1) is 0 Å². The molecule has 2 fully saturated rings. The van der Waals surface area contributed by atoms with Gasteiger partial charge >= 0.3 is 0 Å². The highest BCUT2D eigenvalue weighted by Crippen LogP contribution is 2.38. The fourth-order valence-corrected chi connectivity index (χ4v) is 6.76. The van der Waals surface area contributed by atoms with Crippen LogP contribution in [0.3, 0.4) is 0 Å². The number of carbonyl (C=O) groups is 3. The molecule has 270 valence electrons. The van der Waals surface area contributed by atoms with Gasteiger partial charge in [0.05, 0.1) is 62.5 Å². The van der Waals surface area contributed by atoms with Gasteiger partial charge in [-0.15, -0.1) is 0 Å². The topological polar surface area (TPSA) is 140 Å². The number of aryl methyl sites for hydroxylation is 1. The summed E-state index contributed by atoms with van der Waals surface area (Å²) in [5.41, 5.74) is 5.22. The molecule has 52 heavy (non-hydrogen) atoms. The summed E-state index contributed by atoms with van der Waals surface area (Å²) in [6.45, 7) is 4.00. The van der Waals surface area contributed by atoms with E-state index in [4.69, 9.17) is 14.2 Å². The number of aromatic nitrogens is 2. The van der Waals surface area contributed by atoms with E-state index in [9.17, 15) is 14.4 Å². The first-order valence-electron chi connectivity index (χ1n) is 17.7. The van der Waals surface area contributed by atoms with E-state index < -0.39 is 0 Å². The second kappa shape index (κ2) is 15.7. The number of amides is 3. The number of methoxy groups -OCH3 is 1. The quantitative estimate of drug-likeness (QED) is 0.191. The third kappa shape index (κ3) is 7.94. The SMILES string of the molecule is COc1cc2c(cc1OCCCC(=O)Nc1ccc(-c3cc(CC(=O)Nc4ccc(N5CCOCC5)nc4)n(C)c3)cc1)N=C[C@@H]1CCCN1C2=O. The number of nitrogens with zero attached hydrogens (tertiary/aromatic N) is 5. The molecular formula is C39H43N7O6. The van der Waals surface area contributed by atoms with Crippen LogP contribution in [-0.2, 0) is 27.8 Å². The van der Waals surface area contributed by atoms with Gasteiger partial charge in [0.25, 0.3) is 5.91 Å². The number of hydrogen-bond donors (Lipinski definition) is 2. The molecule has 2 saturated heterocycles. The average molecular weight is 706 g/mol. The van der Waals surface area contributed by atoms with Gasteiger partial charge in [-0.3, -0.25) is 19.4 Å². The Kier molecular flexibility index (Phi) is 10.5. The van der Waals surface area contributed by atoms with Crippen LogP contribution in [0.25, 0.3) is 11.1 Å². The zero-order valence-electron chi connectivity index (χ0n) is 29.5. The number of carbonyl (C=O) groups excluding carboxylic acids is 3. The van der Waals surface area contributed by atoms with Gasteiger partial charge in [-0.05, 0) is 66.8 Å². The normalized spacial score (nSPS) is 16.6. The summed E-state index contributed by atoms with van der Waals surface area (Å²) in [6.07, 6.45) is 8.36. The standard InChI is InChI=1S/C39H43N7O6/c1-44-25-27(19-31(44)20-38(48)43-29-11-12-36(41-23-29)45-14-17-51-18-15-45)26-7-9-28(10-8-26)42-37(47)6-4-16-52-35-22-33-32(21-34(35)50-2)39(49)46-13-3-5-30(46)24-40-33/h7-12,19,21-25,30H,3-6,13-18,20H2,1-2H3,(H,42,47)(H,43,48)/t30-/m0/s1. The molecule has 3 aliphatic heterocycles. The minimum absolute atomic E-state index is 0.0237. The highest BCUT2D eigenvalue weighted by Gasteiger charge is 2.32. The Morgan fingerprint density at radius 3 is 2.50 bits per heavy atom. The van der Waals surface area contributed by atoms with E-state index >= 15 is 0 Å². The summed E-state index contributed by atoms with van der Waals surface area (Å²) in [5, 5.41) is 5.90. The second-order valence-corrected chi connectivity index (χ2v) is 13.1. The van der Waals surface area contributed by atoms with Crippen LogP contribution in [0.5, 0.6) is 11.5 Å². The van der Waals surface area contributed by atoms with Gasteiger partial charge in [-0.25, -0.2) is 4.98 Å². The monoisotopic (exact) mass is 705 g/mol. The lowest BCUT2D eigenvalue weighted by atomic mass is 10.1. The van der Waals surface area contributed by atoms with Crippen LogP contribution in [0.4, 0.5) is 22.9 Å². The minimum atomic E-state index is -0.125. The van der Waals surface area contributed by atoms with Gasteiger partial charge < -0.3 is 39.2 Å². The summed E-state index contributed by atoms with van der Waals surface area (Å²) in [7, 11) is 3.46. The van der Waals surface area contributed by atoms with Crippen molar-refractivity contribution in [2.45, 2.75) is 38.1 Å². The van der Waals surface area contributed by atoms with Gasteiger partial charge in [0.2, 0.25) is 11.8 Å². The first-order valence-corrected chi connectivity index (χ1v) is 17.7. The molecule has 0 aliphatic carbocycles. The van der Waals surface area contributed by atoms with Crippen molar-refractivity contribution in [3.63, 3.8) is 0 Å². The van der Waals surface area contributed by atoms with Crippen LogP contribution in [-0.4, -0.2) is 91.0 Å². The highest BCUT2D eigenvalue weighted by atomic mass is 16.5. The molecule has 0 saturated carbocycles. The van der Waals surface area contributed by atoms with Crippen LogP contribution < -0.4 is 25.0 Å². The predicted molar refractivity (Wildman–Crippen MR) is 199 cm³/mol. The fraction of sp³-hybridized carbons (Fsp3) is 0.359. The van der Waals surface area contributed by atoms with Crippen molar-refractivity contribution in [3.8, 4) is 22.6 Å². The summed E-state index contributed by atoms with van der Waals surface area (Å²) in [6, 6.07) is 16.9. The molecule has 2 aromatic heterocycles. The third-order valence-electron chi connectivity index (χ3n) is 9.58. The molecule has 2 aromatic carbocycles. The first-order chi connectivity index (χ1) is 25.3. The van der Waals surface area contributed by atoms with Gasteiger partial charge in [0.1, 0.15) is 5.82 Å². The van der Waals surface area contributed by atoms with E-state index in [-0.39, 0.29) is 36.6 Å². The lowest BCUT2D eigenvalue weighted by Crippen LogP contribution is -2.36. The molecule has 7 rings (SSSR count). The molecule has 3 aliphatic rings. The van der Waals surface area contributed by atoms with E-state index in [0.29, 0.717) is 60.4 Å². The molecular weight excluding hydrogens is 662 g/mol. The third-order valence-corrected chi connectivity index (χ3v) is 9.58. The highest BCUT2D eigenvalue weighted by molar-refractivity contribution is 6.03. The Morgan fingerprint density at radius 1 is 0.942 bits per heavy atom. The predicted octanol–water partition coefficient (Wildman–Crippen LogP) is 5.23. The van der Waals surface area contributed by atoms with Crippen LogP contribution in [0.2, 0.25) is 0 Å². The molecule has 3 amide bonds. The number of anilines is 3. The molecule has 0 bridgehead atoms. The number of hydrogen-bond acceptors (Lipinski definition) is 9. The van der Waals surface area contributed by atoms with Crippen LogP contribution in [0.15, 0.2) is 72.0 Å². The van der Waals surface area contributed by atoms with Crippen molar-refractivity contribution in [1.82, 2.24) is 14.5 Å². The Morgan fingerprint density at radius 2 is 1.73 bits per heavy atom. The number of morpholine rings is 1. The molecule has 13 nitrogen and oxygen atoms in total. The Labute approximate surface area is 302 Å². The molecule has 0 spiro atoms. The van der Waals surface area contributed by atoms with Crippen molar-refractivity contribution >= 4 is 46.8 Å². The number of aliphatic imine (C=N–C) groups is 1. The molecule has 2 N–H and O–H groups in total. The zero-order chi connectivity index (χ0) is 36.0. The lowest BCUT2D eigenvalue weighted by Gasteiger charge is -2.27. The number of fused-ring (bicyclic) bond motifs is 2. The Hall–Kier alpha value is -5.69. The van der Waals surface area contributed by atoms with Crippen LogP contribution >= 0.6 is 0 Å². The van der Waals surface area contributed by atoms with Crippen molar-refractivity contribution in [2.24, 2.45) is 12.0 Å². The summed E-state index contributed by atoms with van der Waals surface area (Å²) >= 11 is 0. The maximum Gasteiger partial charge on any atom is 0.256 e. The summed E-state index contributed by atoms with van der Waals surface area (Å²) in [5.74, 6) is 1.53. The fourth-order valence-electron chi connectivity index (χ4n) is 6.76. The number of benzene rings is 2. The molecule has 13 heteroatoms. The average Bonchev–Trinajstić information content (AvgIpc) is 3.76. The molecule has 1 atom stereocenters. The van der Waals surface area contributed by atoms with E-state index in [1.807, 2.05) is 71.4 Å². The smallest absolute Gasteiger partial charge is 0.256 e. The van der Waals surface area contributed by atoms with E-state index in [2.05, 4.69) is 25.5 Å². The van der Waals surface area contributed by atoms with E-state index in [1.165, 1.54) is 0 Å². The maximum atomic E-state index is 13.1. The summed E-state index contributed by atoms with van der Waals surface area (Å²) in [4.78, 5) is 51.8. The molecule has 0 radical (unpaired) electrons. The van der Waals surface area contributed by atoms with E-state index in [0.717, 1.165) is 55.1 Å². The van der Waals surface area contributed by atoms with Crippen molar-refractivity contribution in [1.29, 1.82) is 0 Å². The maximum absolute atomic E-state index is 13.1. The molecule has 4 aromatic rings. The molecule has 0 unspecified atom stereocenters. The second-order valence-electron chi connectivity index (χ2n) is 13.1. The summed E-state index contributed by atoms with van der Waals surface area (Å²) < 4.78 is 18.9. The van der Waals surface area contributed by atoms with Crippen molar-refractivity contribution < 1.29 is 28.6 Å². The van der Waals surface area contributed by atoms with Gasteiger partial charge in [-0.1, -0.05) is 12.1 Å². The zero-order valence-corrected chi connectivity index (χ0v) is 29.5. The van der Waals surface area contributed by atoms with E-state index in [1.54, 1.807) is 25.4 Å². The first kappa shape index (κ1) is 34.7. The van der Waals surface area contributed by atoms with Crippen molar-refractivity contribution in [2.75, 3.05) is 62.1 Å². The number of pyridine rings is 1. The number of ether oxygens (including phenoxy) is 3. The van der Waals surface area contributed by atoms with Gasteiger partial charge in [-0.2, -0.15) is 0 Å². The Balaban J connectivity index is 0.875. The number of nitrogens with one attached hydrogen (secondary N) is 2. The lowest BCUT2D eigenvalue weighted by molar-refractivity contribution is -0.116. The minimum Gasteiger partial charge on any atom is -0.493 e. The Bertz CT molecular complexity index is 1950. The largest absolute Gasteiger partial charge is 0.493 e. The van der Waals surface area contributed by atoms with Crippen molar-refractivity contribution in [3.05, 3.63) is 78.2 Å². The molecule has 5 heterocycles. The van der Waals surface area contributed by atoms with Gasteiger partial charge in [0, 0.05) is 63.0 Å². The van der Waals surface area contributed by atoms with Gasteiger partial charge in [0.15, 0.2) is 11.5 Å².